The molecule has 0 spiro atoms. The monoisotopic (exact) mass is 419 g/mol. The second-order valence-electron chi connectivity index (χ2n) is 6.58. The van der Waals surface area contributed by atoms with Gasteiger partial charge in [-0.15, -0.1) is 0 Å². The van der Waals surface area contributed by atoms with Crippen LogP contribution in [-0.2, 0) is 0 Å². The molecule has 0 aliphatic carbocycles. The maximum atomic E-state index is 12.3. The molecule has 6 nitrogen and oxygen atoms in total. The number of methoxy groups -OCH3 is 1. The fourth-order valence-corrected chi connectivity index (χ4v) is 3.59. The largest absolute Gasteiger partial charge is 0.494 e. The van der Waals surface area contributed by atoms with E-state index in [1.807, 2.05) is 32.0 Å². The second kappa shape index (κ2) is 8.12. The lowest BCUT2D eigenvalue weighted by Crippen LogP contribution is -2.41. The van der Waals surface area contributed by atoms with Gasteiger partial charge in [0, 0.05) is 31.9 Å². The van der Waals surface area contributed by atoms with Gasteiger partial charge in [0.2, 0.25) is 0 Å². The van der Waals surface area contributed by atoms with Gasteiger partial charge in [0.05, 0.1) is 13.0 Å². The summed E-state index contributed by atoms with van der Waals surface area (Å²) < 4.78 is 5.48. The summed E-state index contributed by atoms with van der Waals surface area (Å²) in [5.41, 5.74) is 3.71. The van der Waals surface area contributed by atoms with Gasteiger partial charge in [-0.1, -0.05) is 28.9 Å². The second-order valence-corrected chi connectivity index (χ2v) is 7.37. The molecule has 1 aliphatic heterocycles. The van der Waals surface area contributed by atoms with Crippen molar-refractivity contribution >= 4 is 32.5 Å². The standard InChI is InChI=1S/C19H24BrN4O2/c1-13-12-24(25)23(11-5-4-10-20)22-18(13)15-8-9-17(26-3)19-16(15)7-6-14(2)21-19/h6-9,13H,4-5,10-12H2,1-3H3/q+1. The summed E-state index contributed by atoms with van der Waals surface area (Å²) in [6.07, 6.45) is 1.93. The van der Waals surface area contributed by atoms with Crippen LogP contribution in [0.1, 0.15) is 31.0 Å². The van der Waals surface area contributed by atoms with E-state index >= 15 is 0 Å². The van der Waals surface area contributed by atoms with Crippen LogP contribution in [0.15, 0.2) is 29.4 Å². The molecule has 1 aromatic heterocycles. The first kappa shape index (κ1) is 18.8. The Hall–Kier alpha value is -2.02. The molecule has 2 aromatic rings. The van der Waals surface area contributed by atoms with Crippen LogP contribution in [0.2, 0.25) is 0 Å². The lowest BCUT2D eigenvalue weighted by molar-refractivity contribution is -0.715. The number of aryl methyl sites for hydroxylation is 1. The Morgan fingerprint density at radius 1 is 1.31 bits per heavy atom. The molecule has 1 aliphatic rings. The average Bonchev–Trinajstić information content (AvgIpc) is 2.63. The summed E-state index contributed by atoms with van der Waals surface area (Å²) in [7, 11) is 1.65. The highest BCUT2D eigenvalue weighted by Crippen LogP contribution is 2.30. The van der Waals surface area contributed by atoms with Crippen molar-refractivity contribution in [3.05, 3.63) is 40.4 Å². The molecule has 0 N–H and O–H groups in total. The van der Waals surface area contributed by atoms with Crippen LogP contribution in [0.3, 0.4) is 0 Å². The zero-order valence-corrected chi connectivity index (χ0v) is 17.0. The van der Waals surface area contributed by atoms with E-state index in [1.165, 1.54) is 0 Å². The van der Waals surface area contributed by atoms with Gasteiger partial charge in [-0.2, -0.15) is 0 Å². The lowest BCUT2D eigenvalue weighted by atomic mass is 9.94. The van der Waals surface area contributed by atoms with E-state index in [4.69, 9.17) is 9.84 Å². The molecule has 26 heavy (non-hydrogen) atoms. The van der Waals surface area contributed by atoms with Crippen LogP contribution in [0, 0.1) is 17.7 Å². The highest BCUT2D eigenvalue weighted by molar-refractivity contribution is 9.09. The predicted molar refractivity (Wildman–Crippen MR) is 107 cm³/mol. The molecule has 0 saturated carbocycles. The topological polar surface area (TPSA) is 57.8 Å². The summed E-state index contributed by atoms with van der Waals surface area (Å²) in [5, 5.41) is 8.18. The molecule has 0 radical (unpaired) electrons. The van der Waals surface area contributed by atoms with Gasteiger partial charge in [-0.05, 0) is 48.0 Å². The molecule has 1 aromatic carbocycles. The first-order valence-corrected chi connectivity index (χ1v) is 9.98. The van der Waals surface area contributed by atoms with E-state index in [1.54, 1.807) is 12.2 Å². The number of pyridine rings is 1. The first-order chi connectivity index (χ1) is 12.5. The Kier molecular flexibility index (Phi) is 5.86. The minimum Gasteiger partial charge on any atom is -0.494 e. The van der Waals surface area contributed by atoms with Crippen molar-refractivity contribution in [3.8, 4) is 5.75 Å². The molecule has 1 atom stereocenters. The van der Waals surface area contributed by atoms with Crippen molar-refractivity contribution < 1.29 is 9.61 Å². The fourth-order valence-electron chi connectivity index (χ4n) is 3.19. The smallest absolute Gasteiger partial charge is 0.192 e. The predicted octanol–water partition coefficient (Wildman–Crippen LogP) is 4.08. The van der Waals surface area contributed by atoms with Crippen LogP contribution in [-0.4, -0.2) is 46.2 Å². The normalized spacial score (nSPS) is 17.5. The Bertz CT molecular complexity index is 853. The number of nitrogens with zero attached hydrogens (tertiary/aromatic N) is 4. The number of hydrazone groups is 1. The van der Waals surface area contributed by atoms with Crippen molar-refractivity contribution in [2.24, 2.45) is 11.0 Å². The summed E-state index contributed by atoms with van der Waals surface area (Å²) in [6.45, 7) is 5.03. The Morgan fingerprint density at radius 2 is 2.12 bits per heavy atom. The van der Waals surface area contributed by atoms with Gasteiger partial charge in [-0.25, -0.2) is 4.98 Å². The molecule has 138 valence electrons. The van der Waals surface area contributed by atoms with Crippen LogP contribution in [0.25, 0.3) is 10.9 Å². The molecule has 0 fully saturated rings. The molecule has 1 unspecified atom stereocenters. The number of ether oxygens (including phenoxy) is 1. The van der Waals surface area contributed by atoms with Gasteiger partial charge in [-0.3, -0.25) is 0 Å². The molecule has 0 bridgehead atoms. The number of aromatic nitrogens is 1. The number of halogens is 1. The molecule has 0 amide bonds. The lowest BCUT2D eigenvalue weighted by Gasteiger charge is -2.20. The average molecular weight is 420 g/mol. The van der Waals surface area contributed by atoms with Crippen LogP contribution in [0.4, 0.5) is 0 Å². The third kappa shape index (κ3) is 3.72. The quantitative estimate of drug-likeness (QED) is 0.402. The summed E-state index contributed by atoms with van der Waals surface area (Å²) in [5.74, 6) is 0.786. The minimum atomic E-state index is 0.0397. The van der Waals surface area contributed by atoms with E-state index < -0.39 is 0 Å². The fraction of sp³-hybridized carbons (Fsp3) is 0.474. The number of hydrogen-bond donors (Lipinski definition) is 0. The highest BCUT2D eigenvalue weighted by atomic mass is 79.9. The van der Waals surface area contributed by atoms with E-state index in [9.17, 15) is 4.91 Å². The Labute approximate surface area is 161 Å². The number of nitroso groups, excluding NO2 is 1. The van der Waals surface area contributed by atoms with E-state index in [-0.39, 0.29) is 5.92 Å². The van der Waals surface area contributed by atoms with E-state index in [0.717, 1.165) is 56.7 Å². The molecule has 0 saturated heterocycles. The summed E-state index contributed by atoms with van der Waals surface area (Å²) >= 11 is 3.43. The minimum absolute atomic E-state index is 0.0397. The van der Waals surface area contributed by atoms with Crippen molar-refractivity contribution in [2.45, 2.75) is 26.7 Å². The Balaban J connectivity index is 2.06. The molecular weight excluding hydrogens is 396 g/mol. The third-order valence-corrected chi connectivity index (χ3v) is 5.14. The van der Waals surface area contributed by atoms with Crippen molar-refractivity contribution in [2.75, 3.05) is 25.5 Å². The van der Waals surface area contributed by atoms with Crippen LogP contribution >= 0.6 is 15.9 Å². The number of unbranched alkanes of at least 4 members (excludes halogenated alkanes) is 1. The molecular formula is C19H24BrN4O2+. The summed E-state index contributed by atoms with van der Waals surface area (Å²) in [6, 6.07) is 8.00. The van der Waals surface area contributed by atoms with E-state index in [2.05, 4.69) is 27.0 Å². The van der Waals surface area contributed by atoms with Crippen molar-refractivity contribution in [1.29, 1.82) is 0 Å². The van der Waals surface area contributed by atoms with Crippen molar-refractivity contribution in [3.63, 3.8) is 0 Å². The van der Waals surface area contributed by atoms with Crippen LogP contribution in [0.5, 0.6) is 5.75 Å². The van der Waals surface area contributed by atoms with Gasteiger partial charge in [0.1, 0.15) is 17.8 Å². The molecule has 7 heteroatoms. The Morgan fingerprint density at radius 3 is 2.85 bits per heavy atom. The zero-order valence-electron chi connectivity index (χ0n) is 15.4. The zero-order chi connectivity index (χ0) is 18.7. The third-order valence-electron chi connectivity index (χ3n) is 4.57. The number of hydrogen-bond acceptors (Lipinski definition) is 4. The SMILES string of the molecule is COc1ccc(C2=NN(CCCCBr)[N+](=O)CC2C)c2ccc(C)nc12. The van der Waals surface area contributed by atoms with Gasteiger partial charge >= 0.3 is 0 Å². The number of hydrazine groups is 1. The summed E-state index contributed by atoms with van der Waals surface area (Å²) in [4.78, 5) is 17.9. The first-order valence-electron chi connectivity index (χ1n) is 8.86. The number of rotatable bonds is 6. The van der Waals surface area contributed by atoms with Gasteiger partial charge in [0.15, 0.2) is 12.3 Å². The van der Waals surface area contributed by atoms with Gasteiger partial charge < -0.3 is 4.74 Å². The highest BCUT2D eigenvalue weighted by Gasteiger charge is 2.35. The van der Waals surface area contributed by atoms with Crippen LogP contribution < -0.4 is 4.74 Å². The maximum absolute atomic E-state index is 12.3. The number of fused-ring (bicyclic) bond motifs is 1. The number of alkyl halides is 1. The van der Waals surface area contributed by atoms with Gasteiger partial charge in [0.25, 0.3) is 0 Å². The molecule has 2 heterocycles. The maximum Gasteiger partial charge on any atom is 0.192 e. The van der Waals surface area contributed by atoms with Crippen molar-refractivity contribution in [1.82, 2.24) is 10.1 Å². The molecule has 3 rings (SSSR count). The number of benzene rings is 1. The van der Waals surface area contributed by atoms with E-state index in [0.29, 0.717) is 13.1 Å².